The maximum atomic E-state index is 13.6. The first kappa shape index (κ1) is 21.1. The third-order valence-corrected chi connectivity index (χ3v) is 5.87. The average molecular weight is 421 g/mol. The SMILES string of the molecule is CC(CC1CCCC1(F)F)c1ccc(Cl)c(Cl)c1.O=CNc1nccs1. The lowest BCUT2D eigenvalue weighted by atomic mass is 9.88. The molecule has 1 heterocycles. The molecule has 142 valence electrons. The fourth-order valence-corrected chi connectivity index (χ4v) is 3.81. The highest BCUT2D eigenvalue weighted by atomic mass is 35.5. The topological polar surface area (TPSA) is 42.0 Å². The Morgan fingerprint density at radius 2 is 2.19 bits per heavy atom. The minimum atomic E-state index is -2.50. The molecule has 0 spiro atoms. The second kappa shape index (κ2) is 9.62. The number of rotatable bonds is 5. The number of thiazole rings is 1. The van der Waals surface area contributed by atoms with E-state index in [0.717, 1.165) is 5.56 Å². The van der Waals surface area contributed by atoms with Crippen molar-refractivity contribution < 1.29 is 13.6 Å². The van der Waals surface area contributed by atoms with E-state index in [9.17, 15) is 13.6 Å². The monoisotopic (exact) mass is 420 g/mol. The van der Waals surface area contributed by atoms with Crippen molar-refractivity contribution in [1.29, 1.82) is 0 Å². The van der Waals surface area contributed by atoms with Crippen LogP contribution in [0.5, 0.6) is 0 Å². The number of halogens is 4. The van der Waals surface area contributed by atoms with E-state index in [0.29, 0.717) is 40.8 Å². The summed E-state index contributed by atoms with van der Waals surface area (Å²) < 4.78 is 27.2. The fourth-order valence-electron chi connectivity index (χ4n) is 3.02. The molecule has 1 aromatic carbocycles. The normalized spacial score (nSPS) is 19.3. The first-order chi connectivity index (χ1) is 12.3. The van der Waals surface area contributed by atoms with Gasteiger partial charge in [-0.05, 0) is 42.9 Å². The van der Waals surface area contributed by atoms with Crippen LogP contribution in [-0.2, 0) is 4.79 Å². The Balaban J connectivity index is 0.000000254. The second-order valence-corrected chi connectivity index (χ2v) is 7.97. The predicted molar refractivity (Wildman–Crippen MR) is 104 cm³/mol. The molecule has 1 aliphatic rings. The molecule has 3 nitrogen and oxygen atoms in total. The number of nitrogens with zero attached hydrogens (tertiary/aromatic N) is 1. The van der Waals surface area contributed by atoms with Gasteiger partial charge in [-0.2, -0.15) is 0 Å². The molecule has 2 aromatic rings. The molecular formula is C18H20Cl2F2N2OS. The van der Waals surface area contributed by atoms with Crippen molar-refractivity contribution in [3.63, 3.8) is 0 Å². The first-order valence-electron chi connectivity index (χ1n) is 8.26. The number of hydrogen-bond acceptors (Lipinski definition) is 3. The van der Waals surface area contributed by atoms with Gasteiger partial charge in [0.15, 0.2) is 5.13 Å². The van der Waals surface area contributed by atoms with E-state index >= 15 is 0 Å². The number of nitrogens with one attached hydrogen (secondary N) is 1. The second-order valence-electron chi connectivity index (χ2n) is 6.26. The summed E-state index contributed by atoms with van der Waals surface area (Å²) >= 11 is 13.2. The molecule has 0 saturated heterocycles. The summed E-state index contributed by atoms with van der Waals surface area (Å²) in [6, 6.07) is 5.37. The molecule has 0 aliphatic heterocycles. The molecule has 1 aliphatic carbocycles. The molecule has 1 fully saturated rings. The number of amides is 1. The van der Waals surface area contributed by atoms with Gasteiger partial charge in [-0.25, -0.2) is 13.8 Å². The van der Waals surface area contributed by atoms with E-state index in [-0.39, 0.29) is 12.3 Å². The van der Waals surface area contributed by atoms with Gasteiger partial charge in [0.1, 0.15) is 0 Å². The Hall–Kier alpha value is -1.24. The zero-order valence-electron chi connectivity index (χ0n) is 14.2. The number of anilines is 1. The van der Waals surface area contributed by atoms with Crippen LogP contribution in [0.15, 0.2) is 29.8 Å². The minimum Gasteiger partial charge on any atom is -0.305 e. The maximum absolute atomic E-state index is 13.6. The van der Waals surface area contributed by atoms with Crippen molar-refractivity contribution >= 4 is 46.1 Å². The van der Waals surface area contributed by atoms with Crippen molar-refractivity contribution in [2.24, 2.45) is 5.92 Å². The lowest BCUT2D eigenvalue weighted by molar-refractivity contribution is -0.105. The molecule has 0 bridgehead atoms. The van der Waals surface area contributed by atoms with Crippen molar-refractivity contribution in [2.45, 2.75) is 44.4 Å². The molecule has 26 heavy (non-hydrogen) atoms. The molecule has 2 atom stereocenters. The van der Waals surface area contributed by atoms with Gasteiger partial charge in [-0.3, -0.25) is 4.79 Å². The van der Waals surface area contributed by atoms with Crippen molar-refractivity contribution in [3.05, 3.63) is 45.4 Å². The van der Waals surface area contributed by atoms with Crippen molar-refractivity contribution in [1.82, 2.24) is 4.98 Å². The van der Waals surface area contributed by atoms with Gasteiger partial charge in [-0.15, -0.1) is 11.3 Å². The summed E-state index contributed by atoms with van der Waals surface area (Å²) in [5.74, 6) is -2.92. The van der Waals surface area contributed by atoms with Gasteiger partial charge < -0.3 is 5.32 Å². The highest BCUT2D eigenvalue weighted by Crippen LogP contribution is 2.45. The Bertz CT molecular complexity index is 713. The Kier molecular flexibility index (Phi) is 7.80. The van der Waals surface area contributed by atoms with Crippen LogP contribution in [0, 0.1) is 5.92 Å². The summed E-state index contributed by atoms with van der Waals surface area (Å²) in [6.45, 7) is 1.97. The van der Waals surface area contributed by atoms with E-state index in [1.54, 1.807) is 23.7 Å². The number of benzene rings is 1. The Morgan fingerprint density at radius 3 is 2.73 bits per heavy atom. The van der Waals surface area contributed by atoms with Crippen molar-refractivity contribution in [3.8, 4) is 0 Å². The van der Waals surface area contributed by atoms with Gasteiger partial charge in [0.25, 0.3) is 5.92 Å². The lowest BCUT2D eigenvalue weighted by Gasteiger charge is -2.23. The van der Waals surface area contributed by atoms with Gasteiger partial charge in [0, 0.05) is 23.9 Å². The number of carbonyl (C=O) groups excluding carboxylic acids is 1. The van der Waals surface area contributed by atoms with Crippen LogP contribution in [-0.4, -0.2) is 17.3 Å². The molecule has 3 rings (SSSR count). The molecule has 2 unspecified atom stereocenters. The minimum absolute atomic E-state index is 0.0335. The van der Waals surface area contributed by atoms with E-state index in [2.05, 4.69) is 10.3 Å². The zero-order chi connectivity index (χ0) is 19.2. The summed E-state index contributed by atoms with van der Waals surface area (Å²) in [5, 5.41) is 5.83. The quantitative estimate of drug-likeness (QED) is 0.551. The van der Waals surface area contributed by atoms with Crippen LogP contribution in [0.2, 0.25) is 10.0 Å². The molecule has 1 N–H and O–H groups in total. The largest absolute Gasteiger partial charge is 0.305 e. The van der Waals surface area contributed by atoms with Crippen LogP contribution < -0.4 is 5.32 Å². The smallest absolute Gasteiger partial charge is 0.250 e. The van der Waals surface area contributed by atoms with E-state index in [4.69, 9.17) is 23.2 Å². The molecular weight excluding hydrogens is 401 g/mol. The van der Waals surface area contributed by atoms with Gasteiger partial charge >= 0.3 is 0 Å². The average Bonchev–Trinajstić information content (AvgIpc) is 3.21. The van der Waals surface area contributed by atoms with E-state index in [1.807, 2.05) is 13.0 Å². The summed E-state index contributed by atoms with van der Waals surface area (Å²) in [5.41, 5.74) is 0.979. The number of hydrogen-bond donors (Lipinski definition) is 1. The zero-order valence-corrected chi connectivity index (χ0v) is 16.6. The maximum Gasteiger partial charge on any atom is 0.250 e. The van der Waals surface area contributed by atoms with Crippen LogP contribution in [0.4, 0.5) is 13.9 Å². The highest BCUT2D eigenvalue weighted by molar-refractivity contribution is 7.13. The van der Waals surface area contributed by atoms with Gasteiger partial charge in [0.05, 0.1) is 10.0 Å². The molecule has 1 aromatic heterocycles. The predicted octanol–water partition coefficient (Wildman–Crippen LogP) is 6.63. The number of carbonyl (C=O) groups is 1. The van der Waals surface area contributed by atoms with Crippen LogP contribution >= 0.6 is 34.5 Å². The third kappa shape index (κ3) is 5.89. The van der Waals surface area contributed by atoms with Gasteiger partial charge in [-0.1, -0.05) is 36.2 Å². The molecule has 1 amide bonds. The standard InChI is InChI=1S/C14H16Cl2F2.C4H4N2OS/c1-9(7-11-3-2-6-14(11,17)18)10-4-5-12(15)13(16)8-10;7-3-6-4-5-1-2-8-4/h4-5,8-9,11H,2-3,6-7H2,1H3;1-3H,(H,5,6,7). The number of aromatic nitrogens is 1. The number of alkyl halides is 2. The molecule has 1 saturated carbocycles. The summed E-state index contributed by atoms with van der Waals surface area (Å²) in [6.07, 6.45) is 4.04. The van der Waals surface area contributed by atoms with Crippen LogP contribution in [0.25, 0.3) is 0 Å². The first-order valence-corrected chi connectivity index (χ1v) is 9.89. The summed E-state index contributed by atoms with van der Waals surface area (Å²) in [4.78, 5) is 13.5. The van der Waals surface area contributed by atoms with Gasteiger partial charge in [0.2, 0.25) is 6.41 Å². The van der Waals surface area contributed by atoms with E-state index in [1.165, 1.54) is 11.3 Å². The Labute approximate surface area is 165 Å². The fraction of sp³-hybridized carbons (Fsp3) is 0.444. The van der Waals surface area contributed by atoms with Crippen molar-refractivity contribution in [2.75, 3.05) is 5.32 Å². The van der Waals surface area contributed by atoms with E-state index < -0.39 is 11.8 Å². The lowest BCUT2D eigenvalue weighted by Crippen LogP contribution is -2.23. The summed E-state index contributed by atoms with van der Waals surface area (Å²) in [7, 11) is 0. The molecule has 0 radical (unpaired) electrons. The van der Waals surface area contributed by atoms with Crippen LogP contribution in [0.1, 0.15) is 44.1 Å². The molecule has 8 heteroatoms. The third-order valence-electron chi connectivity index (χ3n) is 4.43. The highest BCUT2D eigenvalue weighted by Gasteiger charge is 2.43. The Morgan fingerprint density at radius 1 is 1.42 bits per heavy atom. The van der Waals surface area contributed by atoms with Crippen LogP contribution in [0.3, 0.4) is 0 Å².